The number of thiazole rings is 1. The lowest BCUT2D eigenvalue weighted by Crippen LogP contribution is -2.15. The third kappa shape index (κ3) is 3.47. The fraction of sp³-hybridized carbons (Fsp3) is 0.400. The summed E-state index contributed by atoms with van der Waals surface area (Å²) in [6.45, 7) is 7.17. The van der Waals surface area contributed by atoms with E-state index in [9.17, 15) is 0 Å². The molecule has 0 unspecified atom stereocenters. The van der Waals surface area contributed by atoms with E-state index in [4.69, 9.17) is 10.5 Å². The highest BCUT2D eigenvalue weighted by Gasteiger charge is 2.17. The van der Waals surface area contributed by atoms with Gasteiger partial charge in [0.1, 0.15) is 12.4 Å². The van der Waals surface area contributed by atoms with Crippen molar-refractivity contribution in [1.29, 1.82) is 0 Å². The van der Waals surface area contributed by atoms with Crippen molar-refractivity contribution in [2.45, 2.75) is 39.2 Å². The summed E-state index contributed by atoms with van der Waals surface area (Å²) in [5, 5.41) is 2.50. The molecule has 2 aromatic rings. The lowest BCUT2D eigenvalue weighted by molar-refractivity contribution is 0.302. The average Bonchev–Trinajstić information content (AvgIpc) is 2.83. The van der Waals surface area contributed by atoms with Gasteiger partial charge in [0.25, 0.3) is 0 Å². The van der Waals surface area contributed by atoms with Crippen LogP contribution in [0.1, 0.15) is 38.4 Å². The van der Waals surface area contributed by atoms with Gasteiger partial charge in [-0.05, 0) is 29.5 Å². The molecule has 19 heavy (non-hydrogen) atoms. The van der Waals surface area contributed by atoms with E-state index in [1.807, 2.05) is 17.5 Å². The first-order chi connectivity index (χ1) is 9.01. The van der Waals surface area contributed by atoms with Crippen LogP contribution in [0.25, 0.3) is 0 Å². The minimum atomic E-state index is 0.210. The molecule has 1 aromatic heterocycles. The summed E-state index contributed by atoms with van der Waals surface area (Å²) in [5.74, 6) is 0.863. The van der Waals surface area contributed by atoms with Crippen LogP contribution in [0.15, 0.2) is 29.6 Å². The summed E-state index contributed by atoms with van der Waals surface area (Å²) in [4.78, 5) is 4.17. The Labute approximate surface area is 118 Å². The highest BCUT2D eigenvalue weighted by molar-refractivity contribution is 7.13. The lowest BCUT2D eigenvalue weighted by Gasteiger charge is -2.23. The monoisotopic (exact) mass is 276 g/mol. The van der Waals surface area contributed by atoms with Gasteiger partial charge in [-0.3, -0.25) is 0 Å². The second-order valence-electron chi connectivity index (χ2n) is 5.23. The summed E-state index contributed by atoms with van der Waals surface area (Å²) < 4.78 is 5.70. The van der Waals surface area contributed by atoms with Crippen molar-refractivity contribution >= 4 is 16.5 Å². The van der Waals surface area contributed by atoms with E-state index in [0.29, 0.717) is 11.7 Å². The fourth-order valence-corrected chi connectivity index (χ4v) is 2.30. The van der Waals surface area contributed by atoms with Gasteiger partial charge < -0.3 is 10.5 Å². The van der Waals surface area contributed by atoms with E-state index in [2.05, 4.69) is 37.9 Å². The molecule has 0 fully saturated rings. The molecule has 0 aliphatic heterocycles. The SMILES string of the molecule is CCC(C)(C)c1ccc(OCc2csc(N)n2)cc1. The van der Waals surface area contributed by atoms with Crippen molar-refractivity contribution in [2.24, 2.45) is 0 Å². The molecular formula is C15H20N2OS. The van der Waals surface area contributed by atoms with Gasteiger partial charge in [-0.2, -0.15) is 0 Å². The molecular weight excluding hydrogens is 256 g/mol. The van der Waals surface area contributed by atoms with Crippen LogP contribution >= 0.6 is 11.3 Å². The number of hydrogen-bond donors (Lipinski definition) is 1. The maximum absolute atomic E-state index is 5.70. The zero-order chi connectivity index (χ0) is 13.9. The molecule has 102 valence electrons. The molecule has 0 radical (unpaired) electrons. The van der Waals surface area contributed by atoms with E-state index in [0.717, 1.165) is 17.9 Å². The van der Waals surface area contributed by atoms with Crippen molar-refractivity contribution in [3.05, 3.63) is 40.9 Å². The highest BCUT2D eigenvalue weighted by Crippen LogP contribution is 2.28. The zero-order valence-corrected chi connectivity index (χ0v) is 12.5. The number of nitrogens with two attached hydrogens (primary N) is 1. The second-order valence-corrected chi connectivity index (χ2v) is 6.12. The zero-order valence-electron chi connectivity index (χ0n) is 11.6. The third-order valence-electron chi connectivity index (χ3n) is 3.48. The Kier molecular flexibility index (Phi) is 4.10. The Morgan fingerprint density at radius 2 is 1.95 bits per heavy atom. The number of nitrogen functional groups attached to an aromatic ring is 1. The molecule has 0 saturated carbocycles. The van der Waals surface area contributed by atoms with Crippen LogP contribution in [0.5, 0.6) is 5.75 Å². The van der Waals surface area contributed by atoms with Gasteiger partial charge in [0.15, 0.2) is 5.13 Å². The third-order valence-corrected chi connectivity index (χ3v) is 4.20. The first kappa shape index (κ1) is 13.9. The number of benzene rings is 1. The number of aromatic nitrogens is 1. The van der Waals surface area contributed by atoms with Crippen LogP contribution in [0, 0.1) is 0 Å². The fourth-order valence-electron chi connectivity index (χ4n) is 1.75. The Bertz CT molecular complexity index is 531. The van der Waals surface area contributed by atoms with Gasteiger partial charge in [-0.25, -0.2) is 4.98 Å². The first-order valence-electron chi connectivity index (χ1n) is 6.44. The maximum Gasteiger partial charge on any atom is 0.180 e. The van der Waals surface area contributed by atoms with Crippen LogP contribution in [-0.2, 0) is 12.0 Å². The summed E-state index contributed by atoms with van der Waals surface area (Å²) in [6, 6.07) is 8.30. The number of hydrogen-bond acceptors (Lipinski definition) is 4. The largest absolute Gasteiger partial charge is 0.487 e. The molecule has 0 amide bonds. The molecule has 0 spiro atoms. The van der Waals surface area contributed by atoms with E-state index in [1.165, 1.54) is 16.9 Å². The maximum atomic E-state index is 5.70. The van der Waals surface area contributed by atoms with Crippen molar-refractivity contribution in [3.8, 4) is 5.75 Å². The van der Waals surface area contributed by atoms with Crippen molar-refractivity contribution in [2.75, 3.05) is 5.73 Å². The van der Waals surface area contributed by atoms with E-state index in [1.54, 1.807) is 0 Å². The molecule has 0 atom stereocenters. The number of nitrogens with zero attached hydrogens (tertiary/aromatic N) is 1. The number of rotatable bonds is 5. The Hall–Kier alpha value is -1.55. The molecule has 4 heteroatoms. The van der Waals surface area contributed by atoms with Gasteiger partial charge in [0.05, 0.1) is 5.69 Å². The van der Waals surface area contributed by atoms with E-state index < -0.39 is 0 Å². The highest BCUT2D eigenvalue weighted by atomic mass is 32.1. The van der Waals surface area contributed by atoms with E-state index in [-0.39, 0.29) is 5.41 Å². The summed E-state index contributed by atoms with van der Waals surface area (Å²) in [7, 11) is 0. The normalized spacial score (nSPS) is 11.5. The van der Waals surface area contributed by atoms with Gasteiger partial charge in [0.2, 0.25) is 0 Å². The number of anilines is 1. The molecule has 1 aromatic carbocycles. The van der Waals surface area contributed by atoms with Gasteiger partial charge in [-0.1, -0.05) is 32.9 Å². The Morgan fingerprint density at radius 3 is 2.47 bits per heavy atom. The van der Waals surface area contributed by atoms with Crippen molar-refractivity contribution < 1.29 is 4.74 Å². The first-order valence-corrected chi connectivity index (χ1v) is 7.32. The van der Waals surface area contributed by atoms with Crippen LogP contribution in [0.3, 0.4) is 0 Å². The van der Waals surface area contributed by atoms with Gasteiger partial charge in [-0.15, -0.1) is 11.3 Å². The van der Waals surface area contributed by atoms with Crippen LogP contribution < -0.4 is 10.5 Å². The molecule has 1 heterocycles. The van der Waals surface area contributed by atoms with Crippen LogP contribution in [0.2, 0.25) is 0 Å². The molecule has 2 N–H and O–H groups in total. The topological polar surface area (TPSA) is 48.1 Å². The Morgan fingerprint density at radius 1 is 1.26 bits per heavy atom. The minimum absolute atomic E-state index is 0.210. The minimum Gasteiger partial charge on any atom is -0.487 e. The predicted molar refractivity (Wildman–Crippen MR) is 80.6 cm³/mol. The smallest absolute Gasteiger partial charge is 0.180 e. The lowest BCUT2D eigenvalue weighted by atomic mass is 9.82. The van der Waals surface area contributed by atoms with Gasteiger partial charge >= 0.3 is 0 Å². The molecule has 0 saturated heterocycles. The van der Waals surface area contributed by atoms with Crippen LogP contribution in [0.4, 0.5) is 5.13 Å². The Balaban J connectivity index is 1.99. The quantitative estimate of drug-likeness (QED) is 0.898. The van der Waals surface area contributed by atoms with Crippen LogP contribution in [-0.4, -0.2) is 4.98 Å². The summed E-state index contributed by atoms with van der Waals surface area (Å²) >= 11 is 1.44. The average molecular weight is 276 g/mol. The molecule has 0 bridgehead atoms. The second kappa shape index (κ2) is 5.61. The van der Waals surface area contributed by atoms with Gasteiger partial charge in [0, 0.05) is 5.38 Å². The molecule has 0 aliphatic rings. The number of ether oxygens (including phenoxy) is 1. The summed E-state index contributed by atoms with van der Waals surface area (Å²) in [5.41, 5.74) is 8.00. The summed E-state index contributed by atoms with van der Waals surface area (Å²) in [6.07, 6.45) is 1.12. The van der Waals surface area contributed by atoms with Crippen molar-refractivity contribution in [3.63, 3.8) is 0 Å². The molecule has 0 aliphatic carbocycles. The van der Waals surface area contributed by atoms with E-state index >= 15 is 0 Å². The standard InChI is InChI=1S/C15H20N2OS/c1-4-15(2,3)11-5-7-13(8-6-11)18-9-12-10-19-14(16)17-12/h5-8,10H,4,9H2,1-3H3,(H2,16,17). The predicted octanol–water partition coefficient (Wildman–Crippen LogP) is 3.99. The molecule has 2 rings (SSSR count). The van der Waals surface area contributed by atoms with Crippen molar-refractivity contribution in [1.82, 2.24) is 4.98 Å². The molecule has 3 nitrogen and oxygen atoms in total.